The van der Waals surface area contributed by atoms with Gasteiger partial charge in [-0.15, -0.1) is 12.4 Å². The molecular formula is C24H23BrClN3O4. The van der Waals surface area contributed by atoms with Crippen LogP contribution in [-0.4, -0.2) is 28.7 Å². The van der Waals surface area contributed by atoms with Crippen LogP contribution in [0.5, 0.6) is 0 Å². The first kappa shape index (κ1) is 26.2. The third-order valence-corrected chi connectivity index (χ3v) is 5.12. The molecule has 1 aromatic heterocycles. The zero-order chi connectivity index (χ0) is 22.9. The average Bonchev–Trinajstić information content (AvgIpc) is 2.81. The topological polar surface area (TPSA) is 111 Å². The van der Waals surface area contributed by atoms with Crippen molar-refractivity contribution in [1.82, 2.24) is 4.98 Å². The predicted molar refractivity (Wildman–Crippen MR) is 131 cm³/mol. The number of carbonyl (C=O) groups is 3. The van der Waals surface area contributed by atoms with E-state index in [1.54, 1.807) is 36.4 Å². The van der Waals surface area contributed by atoms with Crippen molar-refractivity contribution in [2.24, 2.45) is 5.73 Å². The van der Waals surface area contributed by atoms with Crippen molar-refractivity contribution in [1.29, 1.82) is 0 Å². The maximum atomic E-state index is 12.8. The van der Waals surface area contributed by atoms with Crippen molar-refractivity contribution in [3.8, 4) is 0 Å². The molecule has 33 heavy (non-hydrogen) atoms. The van der Waals surface area contributed by atoms with E-state index in [-0.39, 0.29) is 43.3 Å². The fraction of sp³-hybridized carbons (Fsp3) is 0.167. The monoisotopic (exact) mass is 531 g/mol. The van der Waals surface area contributed by atoms with Crippen LogP contribution in [0.2, 0.25) is 0 Å². The molecule has 2 aromatic carbocycles. The summed E-state index contributed by atoms with van der Waals surface area (Å²) < 4.78 is 5.92. The Hall–Kier alpha value is -3.07. The van der Waals surface area contributed by atoms with Gasteiger partial charge in [-0.3, -0.25) is 19.4 Å². The minimum atomic E-state index is -0.938. The van der Waals surface area contributed by atoms with E-state index >= 15 is 0 Å². The highest BCUT2D eigenvalue weighted by atomic mass is 79.9. The molecule has 1 amide bonds. The molecule has 0 saturated carbocycles. The van der Waals surface area contributed by atoms with Gasteiger partial charge >= 0.3 is 5.97 Å². The molecule has 3 rings (SSSR count). The Labute approximate surface area is 206 Å². The van der Waals surface area contributed by atoms with E-state index in [0.717, 1.165) is 10.0 Å². The fourth-order valence-electron chi connectivity index (χ4n) is 2.90. The lowest BCUT2D eigenvalue weighted by Gasteiger charge is -2.14. The standard InChI is InChI=1S/C24H22BrN3O4.ClH/c25-17-12-13-27-21(14-17)23(30)18-8-4-5-9-20(18)28-24(31)19(26)10-11-22(29)32-15-16-6-2-1-3-7-16;/h1-9,12-14,19H,10-11,15,26H2,(H,28,31);1H/t19-;/m0./s1. The first-order valence-corrected chi connectivity index (χ1v) is 10.7. The number of nitrogens with zero attached hydrogens (tertiary/aromatic N) is 1. The molecule has 7 nitrogen and oxygen atoms in total. The molecule has 172 valence electrons. The molecule has 0 fully saturated rings. The molecule has 0 aliphatic heterocycles. The summed E-state index contributed by atoms with van der Waals surface area (Å²) >= 11 is 3.32. The van der Waals surface area contributed by atoms with Gasteiger partial charge in [-0.2, -0.15) is 0 Å². The van der Waals surface area contributed by atoms with Crippen LogP contribution in [0.25, 0.3) is 0 Å². The van der Waals surface area contributed by atoms with Crippen LogP contribution in [0.15, 0.2) is 77.4 Å². The van der Waals surface area contributed by atoms with Gasteiger partial charge in [-0.05, 0) is 36.2 Å². The number of hydrogen-bond acceptors (Lipinski definition) is 6. The summed E-state index contributed by atoms with van der Waals surface area (Å²) in [7, 11) is 0. The number of ether oxygens (including phenoxy) is 1. The number of nitrogens with two attached hydrogens (primary N) is 1. The minimum absolute atomic E-state index is 0. The van der Waals surface area contributed by atoms with Crippen molar-refractivity contribution in [3.05, 3.63) is 94.2 Å². The first-order chi connectivity index (χ1) is 15.4. The van der Waals surface area contributed by atoms with Gasteiger partial charge in [0.05, 0.1) is 11.7 Å². The largest absolute Gasteiger partial charge is 0.461 e. The van der Waals surface area contributed by atoms with Crippen LogP contribution in [0.3, 0.4) is 0 Å². The van der Waals surface area contributed by atoms with Gasteiger partial charge in [0.2, 0.25) is 11.7 Å². The molecule has 0 bridgehead atoms. The number of carbonyl (C=O) groups excluding carboxylic acids is 3. The predicted octanol–water partition coefficient (Wildman–Crippen LogP) is 4.29. The third kappa shape index (κ3) is 7.78. The second kappa shape index (κ2) is 12.8. The van der Waals surface area contributed by atoms with Gasteiger partial charge in [0.25, 0.3) is 0 Å². The maximum absolute atomic E-state index is 12.8. The number of nitrogens with one attached hydrogen (secondary N) is 1. The molecule has 3 aromatic rings. The second-order valence-corrected chi connectivity index (χ2v) is 7.93. The normalized spacial score (nSPS) is 11.1. The number of rotatable bonds is 9. The molecule has 0 unspecified atom stereocenters. The summed E-state index contributed by atoms with van der Waals surface area (Å²) in [6, 6.07) is 18.3. The molecule has 0 aliphatic rings. The number of para-hydroxylation sites is 1. The van der Waals surface area contributed by atoms with Crippen LogP contribution in [0.1, 0.15) is 34.5 Å². The highest BCUT2D eigenvalue weighted by molar-refractivity contribution is 9.10. The van der Waals surface area contributed by atoms with Crippen molar-refractivity contribution in [3.63, 3.8) is 0 Å². The summed E-state index contributed by atoms with van der Waals surface area (Å²) in [6.07, 6.45) is 1.64. The van der Waals surface area contributed by atoms with Crippen molar-refractivity contribution < 1.29 is 19.1 Å². The van der Waals surface area contributed by atoms with Crippen LogP contribution in [0, 0.1) is 0 Å². The molecule has 0 saturated heterocycles. The molecule has 0 spiro atoms. The Bertz CT molecular complexity index is 1110. The van der Waals surface area contributed by atoms with Gasteiger partial charge < -0.3 is 15.8 Å². The van der Waals surface area contributed by atoms with Gasteiger partial charge in [-0.1, -0.05) is 58.4 Å². The van der Waals surface area contributed by atoms with Gasteiger partial charge in [0.15, 0.2) is 0 Å². The van der Waals surface area contributed by atoms with Gasteiger partial charge in [0.1, 0.15) is 12.3 Å². The Balaban J connectivity index is 0.00000385. The maximum Gasteiger partial charge on any atom is 0.306 e. The number of hydrogen-bond donors (Lipinski definition) is 2. The number of amides is 1. The summed E-state index contributed by atoms with van der Waals surface area (Å²) in [5.74, 6) is -1.27. The Morgan fingerprint density at radius 3 is 2.45 bits per heavy atom. The molecule has 1 atom stereocenters. The van der Waals surface area contributed by atoms with E-state index in [2.05, 4.69) is 26.2 Å². The Morgan fingerprint density at radius 2 is 1.73 bits per heavy atom. The van der Waals surface area contributed by atoms with Crippen molar-refractivity contribution in [2.45, 2.75) is 25.5 Å². The number of aromatic nitrogens is 1. The second-order valence-electron chi connectivity index (χ2n) is 7.01. The lowest BCUT2D eigenvalue weighted by Crippen LogP contribution is -2.36. The molecule has 3 N–H and O–H groups in total. The van der Waals surface area contributed by atoms with E-state index in [9.17, 15) is 14.4 Å². The number of anilines is 1. The Morgan fingerprint density at radius 1 is 1.03 bits per heavy atom. The highest BCUT2D eigenvalue weighted by Crippen LogP contribution is 2.20. The van der Waals surface area contributed by atoms with Crippen molar-refractivity contribution in [2.75, 3.05) is 5.32 Å². The van der Waals surface area contributed by atoms with Crippen LogP contribution in [-0.2, 0) is 20.9 Å². The number of esters is 1. The summed E-state index contributed by atoms with van der Waals surface area (Å²) in [5, 5.41) is 2.68. The van der Waals surface area contributed by atoms with E-state index in [1.807, 2.05) is 30.3 Å². The SMILES string of the molecule is Cl.N[C@@H](CCC(=O)OCc1ccccc1)C(=O)Nc1ccccc1C(=O)c1cc(Br)ccn1. The summed E-state index contributed by atoms with van der Waals surface area (Å²) in [4.78, 5) is 41.5. The van der Waals surface area contributed by atoms with E-state index in [0.29, 0.717) is 11.3 Å². The highest BCUT2D eigenvalue weighted by Gasteiger charge is 2.20. The van der Waals surface area contributed by atoms with E-state index < -0.39 is 17.9 Å². The van der Waals surface area contributed by atoms with Crippen LogP contribution < -0.4 is 11.1 Å². The fourth-order valence-corrected chi connectivity index (χ4v) is 3.23. The van der Waals surface area contributed by atoms with Crippen molar-refractivity contribution >= 4 is 51.7 Å². The smallest absolute Gasteiger partial charge is 0.306 e. The average molecular weight is 533 g/mol. The summed E-state index contributed by atoms with van der Waals surface area (Å²) in [5.41, 5.74) is 7.69. The molecule has 0 radical (unpaired) electrons. The quantitative estimate of drug-likeness (QED) is 0.314. The van der Waals surface area contributed by atoms with Crippen LogP contribution in [0.4, 0.5) is 5.69 Å². The zero-order valence-corrected chi connectivity index (χ0v) is 20.0. The number of benzene rings is 2. The third-order valence-electron chi connectivity index (χ3n) is 4.62. The van der Waals surface area contributed by atoms with Crippen LogP contribution >= 0.6 is 28.3 Å². The molecule has 9 heteroatoms. The Kier molecular flexibility index (Phi) is 10.2. The zero-order valence-electron chi connectivity index (χ0n) is 17.6. The summed E-state index contributed by atoms with van der Waals surface area (Å²) in [6.45, 7) is 0.167. The van der Waals surface area contributed by atoms with Gasteiger partial charge in [-0.25, -0.2) is 0 Å². The minimum Gasteiger partial charge on any atom is -0.461 e. The number of ketones is 1. The molecular weight excluding hydrogens is 510 g/mol. The number of halogens is 2. The number of pyridine rings is 1. The molecule has 1 heterocycles. The lowest BCUT2D eigenvalue weighted by molar-refractivity contribution is -0.145. The molecule has 0 aliphatic carbocycles. The van der Waals surface area contributed by atoms with E-state index in [4.69, 9.17) is 10.5 Å². The lowest BCUT2D eigenvalue weighted by atomic mass is 10.0. The first-order valence-electron chi connectivity index (χ1n) is 9.95. The van der Waals surface area contributed by atoms with E-state index in [1.165, 1.54) is 6.20 Å². The van der Waals surface area contributed by atoms with Gasteiger partial charge in [0, 0.05) is 22.7 Å².